The smallest absolute Gasteiger partial charge is 0.0897 e. The van der Waals surface area contributed by atoms with Crippen LogP contribution in [0.3, 0.4) is 0 Å². The molecule has 0 radical (unpaired) electrons. The molecule has 0 aromatic rings. The number of ether oxygens (including phenoxy) is 1. The highest BCUT2D eigenvalue weighted by Gasteiger charge is 2.20. The zero-order valence-electron chi connectivity index (χ0n) is 13.9. The summed E-state index contributed by atoms with van der Waals surface area (Å²) < 4.78 is 5.85. The van der Waals surface area contributed by atoms with Crippen LogP contribution in [0.2, 0.25) is 0 Å². The Kier molecular flexibility index (Phi) is 8.74. The van der Waals surface area contributed by atoms with Crippen molar-refractivity contribution in [3.05, 3.63) is 0 Å². The number of hydrogen-bond acceptors (Lipinski definition) is 3. The molecule has 0 amide bonds. The molecule has 1 aliphatic carbocycles. The molecule has 3 nitrogen and oxygen atoms in total. The fourth-order valence-corrected chi connectivity index (χ4v) is 3.19. The zero-order valence-corrected chi connectivity index (χ0v) is 13.9. The molecule has 1 fully saturated rings. The van der Waals surface area contributed by atoms with Gasteiger partial charge < -0.3 is 15.2 Å². The third-order valence-corrected chi connectivity index (χ3v) is 4.92. The summed E-state index contributed by atoms with van der Waals surface area (Å²) in [6.07, 6.45) is 7.23. The first kappa shape index (κ1) is 17.9. The van der Waals surface area contributed by atoms with Crippen LogP contribution < -0.4 is 5.32 Å². The molecule has 120 valence electrons. The van der Waals surface area contributed by atoms with Crippen molar-refractivity contribution in [1.29, 1.82) is 0 Å². The van der Waals surface area contributed by atoms with Crippen molar-refractivity contribution in [2.24, 2.45) is 11.8 Å². The molecular weight excluding hydrogens is 250 g/mol. The molecule has 2 atom stereocenters. The van der Waals surface area contributed by atoms with Crippen LogP contribution in [0.5, 0.6) is 0 Å². The predicted octanol–water partition coefficient (Wildman–Crippen LogP) is 3.36. The van der Waals surface area contributed by atoms with E-state index in [2.05, 4.69) is 33.0 Å². The number of rotatable bonds is 9. The number of aliphatic hydroxyl groups excluding tert-OH is 1. The fourth-order valence-electron chi connectivity index (χ4n) is 3.19. The largest absolute Gasteiger partial charge is 0.389 e. The second-order valence-corrected chi connectivity index (χ2v) is 6.64. The van der Waals surface area contributed by atoms with Gasteiger partial charge in [0.1, 0.15) is 0 Å². The van der Waals surface area contributed by atoms with Crippen molar-refractivity contribution >= 4 is 0 Å². The lowest BCUT2D eigenvalue weighted by Crippen LogP contribution is -2.40. The normalized spacial score (nSPS) is 26.7. The third-order valence-electron chi connectivity index (χ3n) is 4.92. The molecule has 3 heteroatoms. The Morgan fingerprint density at radius 1 is 1.15 bits per heavy atom. The Morgan fingerprint density at radius 2 is 1.75 bits per heavy atom. The summed E-state index contributed by atoms with van der Waals surface area (Å²) in [5.41, 5.74) is 0. The van der Waals surface area contributed by atoms with E-state index in [-0.39, 0.29) is 6.10 Å². The Morgan fingerprint density at radius 3 is 2.30 bits per heavy atom. The number of aliphatic hydroxyl groups is 1. The van der Waals surface area contributed by atoms with Gasteiger partial charge in [-0.2, -0.15) is 0 Å². The summed E-state index contributed by atoms with van der Waals surface area (Å²) in [5, 5.41) is 13.5. The van der Waals surface area contributed by atoms with Crippen molar-refractivity contribution in [2.75, 3.05) is 13.2 Å². The monoisotopic (exact) mass is 285 g/mol. The molecule has 0 aromatic heterocycles. The molecule has 0 spiro atoms. The summed E-state index contributed by atoms with van der Waals surface area (Å²) in [5.74, 6) is 1.55. The van der Waals surface area contributed by atoms with E-state index in [4.69, 9.17) is 4.74 Å². The average Bonchev–Trinajstić information content (AvgIpc) is 2.45. The third kappa shape index (κ3) is 6.55. The van der Waals surface area contributed by atoms with Gasteiger partial charge in [-0.15, -0.1) is 0 Å². The maximum atomic E-state index is 10.0. The van der Waals surface area contributed by atoms with Crippen molar-refractivity contribution in [3.8, 4) is 0 Å². The molecule has 2 N–H and O–H groups in total. The summed E-state index contributed by atoms with van der Waals surface area (Å²) >= 11 is 0. The molecule has 20 heavy (non-hydrogen) atoms. The van der Waals surface area contributed by atoms with Gasteiger partial charge in [-0.25, -0.2) is 0 Å². The van der Waals surface area contributed by atoms with Crippen LogP contribution in [-0.2, 0) is 4.74 Å². The Bertz CT molecular complexity index is 235. The van der Waals surface area contributed by atoms with E-state index in [1.807, 2.05) is 0 Å². The highest BCUT2D eigenvalue weighted by atomic mass is 16.5. The van der Waals surface area contributed by atoms with Crippen LogP contribution in [0.4, 0.5) is 0 Å². The molecule has 0 aromatic carbocycles. The lowest BCUT2D eigenvalue weighted by atomic mass is 9.89. The molecule has 1 rings (SSSR count). The van der Waals surface area contributed by atoms with Gasteiger partial charge in [-0.3, -0.25) is 0 Å². The van der Waals surface area contributed by atoms with Gasteiger partial charge in [-0.1, -0.05) is 33.6 Å². The average molecular weight is 285 g/mol. The predicted molar refractivity (Wildman–Crippen MR) is 84.9 cm³/mol. The standard InChI is InChI=1S/C17H35NO2/c1-5-15(6-2)14(4)18-11-16(19)12-20-17-9-7-13(3)8-10-17/h13-19H,5-12H2,1-4H3. The molecule has 1 aliphatic rings. The highest BCUT2D eigenvalue weighted by molar-refractivity contribution is 4.73. The Labute approximate surface area is 125 Å². The van der Waals surface area contributed by atoms with Crippen LogP contribution in [0.25, 0.3) is 0 Å². The van der Waals surface area contributed by atoms with E-state index in [1.54, 1.807) is 0 Å². The van der Waals surface area contributed by atoms with Crippen molar-refractivity contribution in [1.82, 2.24) is 5.32 Å². The van der Waals surface area contributed by atoms with Gasteiger partial charge in [-0.05, 0) is 44.4 Å². The molecule has 0 bridgehead atoms. The zero-order chi connectivity index (χ0) is 15.0. The minimum absolute atomic E-state index is 0.373. The number of hydrogen-bond donors (Lipinski definition) is 2. The van der Waals surface area contributed by atoms with Gasteiger partial charge in [0.25, 0.3) is 0 Å². The van der Waals surface area contributed by atoms with E-state index in [0.29, 0.717) is 31.2 Å². The van der Waals surface area contributed by atoms with Crippen molar-refractivity contribution < 1.29 is 9.84 Å². The van der Waals surface area contributed by atoms with Crippen LogP contribution in [0.1, 0.15) is 66.2 Å². The molecule has 0 heterocycles. The Hall–Kier alpha value is -0.120. The van der Waals surface area contributed by atoms with Gasteiger partial charge in [0, 0.05) is 12.6 Å². The van der Waals surface area contributed by atoms with Gasteiger partial charge in [0.05, 0.1) is 18.8 Å². The SMILES string of the molecule is CCC(CC)C(C)NCC(O)COC1CCC(C)CC1. The van der Waals surface area contributed by atoms with E-state index in [0.717, 1.165) is 18.8 Å². The van der Waals surface area contributed by atoms with Crippen LogP contribution in [0, 0.1) is 11.8 Å². The van der Waals surface area contributed by atoms with E-state index < -0.39 is 0 Å². The molecule has 0 aliphatic heterocycles. The maximum absolute atomic E-state index is 10.0. The van der Waals surface area contributed by atoms with Crippen molar-refractivity contribution in [3.63, 3.8) is 0 Å². The number of nitrogens with one attached hydrogen (secondary N) is 1. The van der Waals surface area contributed by atoms with Crippen LogP contribution >= 0.6 is 0 Å². The lowest BCUT2D eigenvalue weighted by Gasteiger charge is -2.28. The van der Waals surface area contributed by atoms with Gasteiger partial charge in [0.2, 0.25) is 0 Å². The summed E-state index contributed by atoms with van der Waals surface area (Å²) in [6, 6.07) is 0.468. The summed E-state index contributed by atoms with van der Waals surface area (Å²) in [7, 11) is 0. The van der Waals surface area contributed by atoms with E-state index >= 15 is 0 Å². The quantitative estimate of drug-likeness (QED) is 0.682. The van der Waals surface area contributed by atoms with Crippen LogP contribution in [0.15, 0.2) is 0 Å². The lowest BCUT2D eigenvalue weighted by molar-refractivity contribution is -0.0286. The van der Waals surface area contributed by atoms with E-state index in [9.17, 15) is 5.11 Å². The first-order valence-corrected chi connectivity index (χ1v) is 8.59. The van der Waals surface area contributed by atoms with E-state index in [1.165, 1.54) is 25.7 Å². The minimum Gasteiger partial charge on any atom is -0.389 e. The molecule has 2 unspecified atom stereocenters. The fraction of sp³-hybridized carbons (Fsp3) is 1.00. The highest BCUT2D eigenvalue weighted by Crippen LogP contribution is 2.25. The summed E-state index contributed by atoms with van der Waals surface area (Å²) in [6.45, 7) is 10.1. The molecular formula is C17H35NO2. The first-order valence-electron chi connectivity index (χ1n) is 8.59. The second kappa shape index (κ2) is 9.75. The molecule has 1 saturated carbocycles. The Balaban J connectivity index is 2.12. The van der Waals surface area contributed by atoms with Gasteiger partial charge in [0.15, 0.2) is 0 Å². The molecule has 0 saturated heterocycles. The second-order valence-electron chi connectivity index (χ2n) is 6.64. The topological polar surface area (TPSA) is 41.5 Å². The first-order chi connectivity index (χ1) is 9.56. The van der Waals surface area contributed by atoms with Crippen molar-refractivity contribution in [2.45, 2.75) is 84.5 Å². The van der Waals surface area contributed by atoms with Crippen LogP contribution in [-0.4, -0.2) is 36.5 Å². The summed E-state index contributed by atoms with van der Waals surface area (Å²) in [4.78, 5) is 0. The minimum atomic E-state index is -0.383. The van der Waals surface area contributed by atoms with Gasteiger partial charge >= 0.3 is 0 Å². The maximum Gasteiger partial charge on any atom is 0.0897 e.